The number of benzene rings is 1. The highest BCUT2D eigenvalue weighted by Crippen LogP contribution is 2.16. The van der Waals surface area contributed by atoms with Crippen molar-refractivity contribution in [3.63, 3.8) is 0 Å². The Bertz CT molecular complexity index is 389. The number of hydrogen-bond donors (Lipinski definition) is 0. The lowest BCUT2D eigenvalue weighted by Gasteiger charge is -2.20. The summed E-state index contributed by atoms with van der Waals surface area (Å²) in [6.45, 7) is 2.35. The van der Waals surface area contributed by atoms with E-state index in [2.05, 4.69) is 0 Å². The molecule has 0 amide bonds. The Morgan fingerprint density at radius 2 is 1.87 bits per heavy atom. The first kappa shape index (κ1) is 12.0. The van der Waals surface area contributed by atoms with Crippen LogP contribution in [0.15, 0.2) is 30.3 Å². The molecule has 1 rings (SSSR count). The van der Waals surface area contributed by atoms with Gasteiger partial charge in [0, 0.05) is 6.54 Å². The lowest BCUT2D eigenvalue weighted by atomic mass is 10.3. The molecule has 1 aromatic carbocycles. The van der Waals surface area contributed by atoms with E-state index in [0.29, 0.717) is 12.2 Å². The van der Waals surface area contributed by atoms with Gasteiger partial charge in [0.25, 0.3) is 0 Å². The fourth-order valence-electron chi connectivity index (χ4n) is 1.28. The maximum Gasteiger partial charge on any atom is 0.315 e. The second-order valence-electron chi connectivity index (χ2n) is 3.27. The predicted octanol–water partition coefficient (Wildman–Crippen LogP) is 1.82. The van der Waals surface area contributed by atoms with Crippen LogP contribution in [0.5, 0.6) is 0 Å². The topological polar surface area (TPSA) is 61.2 Å². The summed E-state index contributed by atoms with van der Waals surface area (Å²) in [6, 6.07) is 8.74. The maximum atomic E-state index is 11.2. The van der Waals surface area contributed by atoms with E-state index < -0.39 is 10.2 Å². The summed E-state index contributed by atoms with van der Waals surface area (Å²) >= 11 is 0. The third kappa shape index (κ3) is 3.53. The minimum absolute atomic E-state index is 0.367. The summed E-state index contributed by atoms with van der Waals surface area (Å²) in [5, 5.41) is 7.10. The van der Waals surface area contributed by atoms with E-state index in [9.17, 15) is 8.42 Å². The fourth-order valence-corrected chi connectivity index (χ4v) is 2.05. The normalized spacial score (nSPS) is 11.3. The van der Waals surface area contributed by atoms with Crippen LogP contribution in [0.4, 0.5) is 5.69 Å². The van der Waals surface area contributed by atoms with Gasteiger partial charge in [-0.25, -0.2) is 0 Å². The van der Waals surface area contributed by atoms with Gasteiger partial charge in [-0.15, -0.1) is 5.14 Å². The number of nitrogens with one attached hydrogen (secondary N) is 1. The van der Waals surface area contributed by atoms with Crippen LogP contribution >= 0.6 is 0 Å². The van der Waals surface area contributed by atoms with E-state index in [4.69, 9.17) is 5.14 Å². The van der Waals surface area contributed by atoms with Crippen LogP contribution in [0, 0.1) is 0 Å². The second-order valence-corrected chi connectivity index (χ2v) is 4.66. The van der Waals surface area contributed by atoms with Crippen molar-refractivity contribution in [1.29, 1.82) is 0 Å². The molecule has 0 fully saturated rings. The Morgan fingerprint density at radius 3 is 2.33 bits per heavy atom. The predicted molar refractivity (Wildman–Crippen MR) is 60.7 cm³/mol. The SMILES string of the molecule is CCCCN(c1ccccc1)S([NH])(=O)=O. The standard InChI is InChI=1S/C10H15N2O2S/c1-2-3-9-12(15(11,13)14)10-7-5-4-6-8-10/h4-8,11H,2-3,9H2,1H3. The molecule has 0 aromatic heterocycles. The smallest absolute Gasteiger partial charge is 0.257 e. The number of rotatable bonds is 5. The van der Waals surface area contributed by atoms with E-state index in [0.717, 1.165) is 17.1 Å². The molecular weight excluding hydrogens is 212 g/mol. The largest absolute Gasteiger partial charge is 0.315 e. The van der Waals surface area contributed by atoms with Crippen LogP contribution < -0.4 is 9.44 Å². The van der Waals surface area contributed by atoms with Crippen LogP contribution in [0.2, 0.25) is 0 Å². The molecule has 1 N–H and O–H groups in total. The van der Waals surface area contributed by atoms with E-state index in [1.54, 1.807) is 24.3 Å². The third-order valence-electron chi connectivity index (χ3n) is 2.05. The van der Waals surface area contributed by atoms with E-state index in [1.165, 1.54) is 0 Å². The van der Waals surface area contributed by atoms with Crippen LogP contribution in [-0.4, -0.2) is 15.0 Å². The zero-order valence-electron chi connectivity index (χ0n) is 8.68. The molecule has 5 heteroatoms. The quantitative estimate of drug-likeness (QED) is 0.770. The van der Waals surface area contributed by atoms with Crippen LogP contribution in [-0.2, 0) is 10.2 Å². The second kappa shape index (κ2) is 5.14. The van der Waals surface area contributed by atoms with Crippen molar-refractivity contribution in [3.05, 3.63) is 30.3 Å². The number of hydrogen-bond acceptors (Lipinski definition) is 2. The number of nitrogens with zero attached hydrogens (tertiary/aromatic N) is 1. The minimum Gasteiger partial charge on any atom is -0.257 e. The Kier molecular flexibility index (Phi) is 4.11. The summed E-state index contributed by atoms with van der Waals surface area (Å²) in [4.78, 5) is 0. The molecule has 15 heavy (non-hydrogen) atoms. The molecule has 4 nitrogen and oxygen atoms in total. The molecule has 83 valence electrons. The van der Waals surface area contributed by atoms with Gasteiger partial charge in [0.15, 0.2) is 0 Å². The molecule has 0 unspecified atom stereocenters. The average molecular weight is 227 g/mol. The lowest BCUT2D eigenvalue weighted by Crippen LogP contribution is -2.32. The first-order valence-corrected chi connectivity index (χ1v) is 6.32. The first-order valence-electron chi connectivity index (χ1n) is 4.88. The van der Waals surface area contributed by atoms with Crippen molar-refractivity contribution in [1.82, 2.24) is 5.14 Å². The molecule has 0 heterocycles. The van der Waals surface area contributed by atoms with E-state index >= 15 is 0 Å². The number of anilines is 1. The molecule has 0 atom stereocenters. The van der Waals surface area contributed by atoms with Gasteiger partial charge in [0.05, 0.1) is 5.69 Å². The molecule has 0 saturated heterocycles. The minimum atomic E-state index is -3.91. The highest BCUT2D eigenvalue weighted by atomic mass is 32.2. The molecule has 0 aliphatic rings. The molecule has 0 saturated carbocycles. The Morgan fingerprint density at radius 1 is 1.27 bits per heavy atom. The molecule has 1 radical (unpaired) electrons. The molecule has 0 aliphatic heterocycles. The van der Waals surface area contributed by atoms with Gasteiger partial charge in [-0.1, -0.05) is 31.5 Å². The van der Waals surface area contributed by atoms with Gasteiger partial charge in [-0.05, 0) is 18.6 Å². The van der Waals surface area contributed by atoms with Crippen LogP contribution in [0.3, 0.4) is 0 Å². The Hall–Kier alpha value is -1.07. The molecule has 1 aromatic rings. The van der Waals surface area contributed by atoms with Crippen molar-refractivity contribution in [2.45, 2.75) is 19.8 Å². The molecule has 0 bridgehead atoms. The number of unbranched alkanes of at least 4 members (excludes halogenated alkanes) is 1. The van der Waals surface area contributed by atoms with Crippen LogP contribution in [0.25, 0.3) is 0 Å². The Balaban J connectivity index is 2.92. The average Bonchev–Trinajstić information content (AvgIpc) is 2.18. The van der Waals surface area contributed by atoms with E-state index in [1.807, 2.05) is 13.0 Å². The van der Waals surface area contributed by atoms with Gasteiger partial charge in [0.1, 0.15) is 0 Å². The van der Waals surface area contributed by atoms with Gasteiger partial charge < -0.3 is 0 Å². The van der Waals surface area contributed by atoms with Crippen molar-refractivity contribution in [2.75, 3.05) is 10.8 Å². The fraction of sp³-hybridized carbons (Fsp3) is 0.400. The summed E-state index contributed by atoms with van der Waals surface area (Å²) in [5.74, 6) is 0. The van der Waals surface area contributed by atoms with Crippen molar-refractivity contribution in [3.8, 4) is 0 Å². The lowest BCUT2D eigenvalue weighted by molar-refractivity contribution is 0.589. The Labute approximate surface area is 90.9 Å². The maximum absolute atomic E-state index is 11.2. The summed E-state index contributed by atoms with van der Waals surface area (Å²) in [7, 11) is -3.91. The molecular formula is C10H15N2O2S. The summed E-state index contributed by atoms with van der Waals surface area (Å²) in [6.07, 6.45) is 1.66. The highest BCUT2D eigenvalue weighted by Gasteiger charge is 2.17. The monoisotopic (exact) mass is 227 g/mol. The van der Waals surface area contributed by atoms with Gasteiger partial charge in [0.2, 0.25) is 0 Å². The summed E-state index contributed by atoms with van der Waals surface area (Å²) < 4.78 is 23.6. The zero-order chi connectivity index (χ0) is 11.3. The molecule has 0 spiro atoms. The zero-order valence-corrected chi connectivity index (χ0v) is 9.50. The van der Waals surface area contributed by atoms with Gasteiger partial charge in [-0.3, -0.25) is 4.31 Å². The van der Waals surface area contributed by atoms with Crippen LogP contribution in [0.1, 0.15) is 19.8 Å². The van der Waals surface area contributed by atoms with Gasteiger partial charge >= 0.3 is 10.2 Å². The molecule has 0 aliphatic carbocycles. The number of para-hydroxylation sites is 1. The highest BCUT2D eigenvalue weighted by molar-refractivity contribution is 7.90. The van der Waals surface area contributed by atoms with Crippen molar-refractivity contribution >= 4 is 15.9 Å². The van der Waals surface area contributed by atoms with E-state index in [-0.39, 0.29) is 0 Å². The third-order valence-corrected chi connectivity index (χ3v) is 3.02. The van der Waals surface area contributed by atoms with Gasteiger partial charge in [-0.2, -0.15) is 8.42 Å². The summed E-state index contributed by atoms with van der Waals surface area (Å²) in [5.41, 5.74) is 0.556. The first-order chi connectivity index (χ1) is 7.05. The van der Waals surface area contributed by atoms with Crippen molar-refractivity contribution < 1.29 is 8.42 Å². The van der Waals surface area contributed by atoms with Crippen molar-refractivity contribution in [2.24, 2.45) is 0 Å².